The maximum atomic E-state index is 5.97. The lowest BCUT2D eigenvalue weighted by molar-refractivity contribution is 0.0838. The normalized spacial score (nSPS) is 32.4. The number of hydrogen-bond acceptors (Lipinski definition) is 2. The summed E-state index contributed by atoms with van der Waals surface area (Å²) in [5.74, 6) is 1.63. The van der Waals surface area contributed by atoms with E-state index in [1.165, 1.54) is 57.1 Å². The Labute approximate surface area is 171 Å². The maximum Gasteiger partial charge on any atom is 0.0954 e. The third-order valence-electron chi connectivity index (χ3n) is 8.42. The van der Waals surface area contributed by atoms with Crippen LogP contribution in [-0.2, 0) is 0 Å². The van der Waals surface area contributed by atoms with Gasteiger partial charge in [-0.3, -0.25) is 0 Å². The Morgan fingerprint density at radius 2 is 1.67 bits per heavy atom. The first-order chi connectivity index (χ1) is 12.9. The number of anilines is 1. The Hall–Kier alpha value is -1.09. The van der Waals surface area contributed by atoms with Gasteiger partial charge in [0.15, 0.2) is 0 Å². The fourth-order valence-electron chi connectivity index (χ4n) is 6.30. The first-order valence-corrected chi connectivity index (χ1v) is 11.5. The van der Waals surface area contributed by atoms with Crippen LogP contribution in [0.4, 0.5) is 5.69 Å². The maximum absolute atomic E-state index is 5.97. The zero-order chi connectivity index (χ0) is 19.1. The highest BCUT2D eigenvalue weighted by atomic mass is 32.1. The van der Waals surface area contributed by atoms with Gasteiger partial charge in [-0.2, -0.15) is 0 Å². The summed E-state index contributed by atoms with van der Waals surface area (Å²) < 4.78 is 0. The second-order valence-corrected chi connectivity index (χ2v) is 10.4. The molecule has 3 fully saturated rings. The monoisotopic (exact) mass is 384 g/mol. The number of nitrogens with one attached hydrogen (secondary N) is 1. The highest BCUT2D eigenvalue weighted by Gasteiger charge is 2.60. The average molecular weight is 385 g/mol. The summed E-state index contributed by atoms with van der Waals surface area (Å²) in [6.07, 6.45) is 10.8. The minimum atomic E-state index is 0.141. The van der Waals surface area contributed by atoms with E-state index in [4.69, 9.17) is 12.2 Å². The highest BCUT2D eigenvalue weighted by molar-refractivity contribution is 7.80. The first kappa shape index (κ1) is 19.2. The molecule has 1 aromatic carbocycles. The van der Waals surface area contributed by atoms with Crippen molar-refractivity contribution in [3.05, 3.63) is 30.3 Å². The average Bonchev–Trinajstić information content (AvgIpc) is 3.24. The summed E-state index contributed by atoms with van der Waals surface area (Å²) in [5, 5.41) is 3.91. The van der Waals surface area contributed by atoms with Crippen LogP contribution in [0, 0.1) is 17.3 Å². The fourth-order valence-corrected chi connectivity index (χ4v) is 6.65. The molecular weight excluding hydrogens is 348 g/mol. The van der Waals surface area contributed by atoms with Crippen molar-refractivity contribution in [2.75, 3.05) is 11.4 Å². The van der Waals surface area contributed by atoms with Gasteiger partial charge in [0.25, 0.3) is 0 Å². The summed E-state index contributed by atoms with van der Waals surface area (Å²) in [5.41, 5.74) is 1.79. The molecule has 0 aromatic heterocycles. The van der Waals surface area contributed by atoms with E-state index in [1.54, 1.807) is 0 Å². The molecule has 2 nitrogen and oxygen atoms in total. The van der Waals surface area contributed by atoms with Gasteiger partial charge < -0.3 is 10.2 Å². The van der Waals surface area contributed by atoms with Crippen molar-refractivity contribution in [2.24, 2.45) is 17.3 Å². The molecule has 0 heterocycles. The molecule has 27 heavy (non-hydrogen) atoms. The number of fused-ring (bicyclic) bond motifs is 2. The van der Waals surface area contributed by atoms with Crippen molar-refractivity contribution in [1.82, 2.24) is 5.32 Å². The predicted octanol–water partition coefficient (Wildman–Crippen LogP) is 5.96. The summed E-state index contributed by atoms with van der Waals surface area (Å²) in [6.45, 7) is 8.22. The predicted molar refractivity (Wildman–Crippen MR) is 119 cm³/mol. The Morgan fingerprint density at radius 3 is 2.30 bits per heavy atom. The summed E-state index contributed by atoms with van der Waals surface area (Å²) in [7, 11) is 0. The van der Waals surface area contributed by atoms with Crippen LogP contribution < -0.4 is 10.2 Å². The van der Waals surface area contributed by atoms with Gasteiger partial charge in [-0.15, -0.1) is 0 Å². The third kappa shape index (κ3) is 3.41. The van der Waals surface area contributed by atoms with E-state index in [-0.39, 0.29) is 5.54 Å². The second kappa shape index (κ2) is 7.39. The Balaban J connectivity index is 1.50. The molecule has 3 aliphatic rings. The number of nitrogens with zero attached hydrogens (tertiary/aromatic N) is 1. The van der Waals surface area contributed by atoms with Crippen molar-refractivity contribution in [3.63, 3.8) is 0 Å². The molecule has 1 N–H and O–H groups in total. The number of thiocarbonyl (C=S) groups is 1. The molecule has 4 rings (SSSR count). The van der Waals surface area contributed by atoms with Gasteiger partial charge in [0.1, 0.15) is 0 Å². The third-order valence-corrected chi connectivity index (χ3v) is 8.66. The molecule has 2 bridgehead atoms. The van der Waals surface area contributed by atoms with E-state index in [1.807, 2.05) is 0 Å². The van der Waals surface area contributed by atoms with Crippen molar-refractivity contribution in [3.8, 4) is 0 Å². The Morgan fingerprint density at radius 1 is 1.00 bits per heavy atom. The molecule has 0 aliphatic heterocycles. The summed E-state index contributed by atoms with van der Waals surface area (Å²) in [4.78, 5) is 3.62. The number of para-hydroxylation sites is 1. The lowest BCUT2D eigenvalue weighted by atomic mass is 9.64. The van der Waals surface area contributed by atoms with E-state index < -0.39 is 0 Å². The molecule has 0 amide bonds. The van der Waals surface area contributed by atoms with Crippen molar-refractivity contribution >= 4 is 22.9 Å². The lowest BCUT2D eigenvalue weighted by Gasteiger charge is -2.49. The zero-order valence-electron chi connectivity index (χ0n) is 17.3. The Kier molecular flexibility index (Phi) is 5.26. The smallest absolute Gasteiger partial charge is 0.0954 e. The molecule has 0 radical (unpaired) electrons. The summed E-state index contributed by atoms with van der Waals surface area (Å²) in [6, 6.07) is 11.5. The molecule has 3 aliphatic carbocycles. The van der Waals surface area contributed by atoms with Crippen LogP contribution >= 0.6 is 12.2 Å². The van der Waals surface area contributed by atoms with Crippen LogP contribution in [0.3, 0.4) is 0 Å². The molecular formula is C24H36N2S. The minimum Gasteiger partial charge on any atom is -0.372 e. The summed E-state index contributed by atoms with van der Waals surface area (Å²) >= 11 is 5.97. The second-order valence-electron chi connectivity index (χ2n) is 9.93. The molecule has 0 spiro atoms. The van der Waals surface area contributed by atoms with Crippen molar-refractivity contribution < 1.29 is 0 Å². The Bertz CT molecular complexity index is 664. The van der Waals surface area contributed by atoms with Crippen LogP contribution in [0.25, 0.3) is 0 Å². The van der Waals surface area contributed by atoms with Gasteiger partial charge in [-0.25, -0.2) is 0 Å². The first-order valence-electron chi connectivity index (χ1n) is 11.0. The molecule has 0 saturated heterocycles. The van der Waals surface area contributed by atoms with Gasteiger partial charge in [0, 0.05) is 17.3 Å². The van der Waals surface area contributed by atoms with Crippen LogP contribution in [0.5, 0.6) is 0 Å². The molecule has 148 valence electrons. The quantitative estimate of drug-likeness (QED) is 0.631. The number of hydrogen-bond donors (Lipinski definition) is 1. The highest BCUT2D eigenvalue weighted by Crippen LogP contribution is 2.61. The van der Waals surface area contributed by atoms with Crippen molar-refractivity contribution in [2.45, 2.75) is 83.7 Å². The van der Waals surface area contributed by atoms with Crippen LogP contribution in [0.2, 0.25) is 0 Å². The molecule has 3 unspecified atom stereocenters. The van der Waals surface area contributed by atoms with Crippen LogP contribution in [-0.4, -0.2) is 23.1 Å². The van der Waals surface area contributed by atoms with Gasteiger partial charge in [0.05, 0.1) is 11.5 Å². The molecule has 3 heteroatoms. The fraction of sp³-hybridized carbons (Fsp3) is 0.708. The van der Waals surface area contributed by atoms with Crippen molar-refractivity contribution in [1.29, 1.82) is 0 Å². The van der Waals surface area contributed by atoms with E-state index in [0.29, 0.717) is 11.5 Å². The zero-order valence-corrected chi connectivity index (χ0v) is 18.2. The molecule has 3 atom stereocenters. The standard InChI is InChI=1S/C24H36N2S/c1-23(2)18-14-15-19(16-18)24(23,3)25-22(27)17-26(20-10-6-4-7-11-20)21-12-8-5-9-13-21/h4,6-7,10-11,18-19,21H,5,8-9,12-17H2,1-3H3,(H,25,27). The molecule has 1 aromatic rings. The largest absolute Gasteiger partial charge is 0.372 e. The van der Waals surface area contributed by atoms with Crippen LogP contribution in [0.15, 0.2) is 30.3 Å². The van der Waals surface area contributed by atoms with Gasteiger partial charge >= 0.3 is 0 Å². The minimum absolute atomic E-state index is 0.141. The van der Waals surface area contributed by atoms with Crippen LogP contribution in [0.1, 0.15) is 72.1 Å². The van der Waals surface area contributed by atoms with E-state index in [0.717, 1.165) is 23.4 Å². The molecule has 3 saturated carbocycles. The number of rotatable bonds is 5. The van der Waals surface area contributed by atoms with Gasteiger partial charge in [-0.05, 0) is 68.4 Å². The lowest BCUT2D eigenvalue weighted by Crippen LogP contribution is -2.60. The topological polar surface area (TPSA) is 15.3 Å². The van der Waals surface area contributed by atoms with E-state index >= 15 is 0 Å². The van der Waals surface area contributed by atoms with Gasteiger partial charge in [0.2, 0.25) is 0 Å². The van der Waals surface area contributed by atoms with E-state index in [9.17, 15) is 0 Å². The SMILES string of the molecule is CC1(C)C2CCC(C2)C1(C)NC(=S)CN(c1ccccc1)C1CCCCC1. The van der Waals surface area contributed by atoms with Gasteiger partial charge in [-0.1, -0.05) is 63.5 Å². The number of benzene rings is 1. The van der Waals surface area contributed by atoms with E-state index in [2.05, 4.69) is 61.3 Å².